The molecule has 0 bridgehead atoms. The van der Waals surface area contributed by atoms with Crippen LogP contribution in [0.15, 0.2) is 27.8 Å². The van der Waals surface area contributed by atoms with Gasteiger partial charge < -0.3 is 5.11 Å². The van der Waals surface area contributed by atoms with Crippen LogP contribution in [0.3, 0.4) is 0 Å². The molecule has 0 saturated carbocycles. The van der Waals surface area contributed by atoms with Crippen molar-refractivity contribution in [3.8, 4) is 0 Å². The predicted molar refractivity (Wildman–Crippen MR) is 70.0 cm³/mol. The number of hydrogen-bond donors (Lipinski definition) is 1. The molecule has 0 aliphatic carbocycles. The molecule has 0 aromatic heterocycles. The Bertz CT molecular complexity index is 450. The molecule has 5 heteroatoms. The van der Waals surface area contributed by atoms with Gasteiger partial charge in [-0.05, 0) is 45.4 Å². The SMILES string of the molecule is Cc1ccc(C(=O)O)cc1/N=N\SC(C)(C)C. The first-order valence-corrected chi connectivity index (χ1v) is 6.00. The zero-order chi connectivity index (χ0) is 13.1. The van der Waals surface area contributed by atoms with Crippen LogP contribution in [0, 0.1) is 6.92 Å². The van der Waals surface area contributed by atoms with Gasteiger partial charge in [0.15, 0.2) is 0 Å². The Morgan fingerprint density at radius 3 is 2.53 bits per heavy atom. The highest BCUT2D eigenvalue weighted by molar-refractivity contribution is 7.99. The second kappa shape index (κ2) is 5.31. The maximum atomic E-state index is 10.8. The van der Waals surface area contributed by atoms with Gasteiger partial charge in [0.25, 0.3) is 0 Å². The van der Waals surface area contributed by atoms with Gasteiger partial charge in [0.1, 0.15) is 0 Å². The van der Waals surface area contributed by atoms with Crippen molar-refractivity contribution in [1.82, 2.24) is 0 Å². The van der Waals surface area contributed by atoms with Gasteiger partial charge in [-0.25, -0.2) is 4.79 Å². The fraction of sp³-hybridized carbons (Fsp3) is 0.417. The molecule has 0 fully saturated rings. The van der Waals surface area contributed by atoms with Crippen molar-refractivity contribution < 1.29 is 9.90 Å². The standard InChI is InChI=1S/C12H16N2O2S/c1-8-5-6-9(11(15)16)7-10(8)13-14-17-12(2,3)4/h5-7H,1-4H3,(H,15,16)/b14-13-. The molecule has 0 heterocycles. The van der Waals surface area contributed by atoms with Crippen molar-refractivity contribution in [1.29, 1.82) is 0 Å². The van der Waals surface area contributed by atoms with Gasteiger partial charge in [-0.15, -0.1) is 9.63 Å². The summed E-state index contributed by atoms with van der Waals surface area (Å²) in [5, 5.41) is 12.9. The lowest BCUT2D eigenvalue weighted by atomic mass is 10.1. The van der Waals surface area contributed by atoms with Gasteiger partial charge in [-0.2, -0.15) is 0 Å². The van der Waals surface area contributed by atoms with Crippen molar-refractivity contribution in [3.05, 3.63) is 29.3 Å². The zero-order valence-corrected chi connectivity index (χ0v) is 11.2. The number of aryl methyl sites for hydroxylation is 1. The van der Waals surface area contributed by atoms with E-state index in [4.69, 9.17) is 5.11 Å². The number of carboxylic acids is 1. The van der Waals surface area contributed by atoms with Crippen molar-refractivity contribution in [2.45, 2.75) is 32.4 Å². The fourth-order valence-corrected chi connectivity index (χ4v) is 1.41. The van der Waals surface area contributed by atoms with Gasteiger partial charge in [0.2, 0.25) is 0 Å². The summed E-state index contributed by atoms with van der Waals surface area (Å²) < 4.78 is 4.02. The maximum absolute atomic E-state index is 10.8. The van der Waals surface area contributed by atoms with Crippen LogP contribution in [0.5, 0.6) is 0 Å². The molecule has 0 aliphatic rings. The Morgan fingerprint density at radius 2 is 2.00 bits per heavy atom. The first-order chi connectivity index (χ1) is 7.79. The van der Waals surface area contributed by atoms with Crippen LogP contribution in [-0.4, -0.2) is 15.8 Å². The highest BCUT2D eigenvalue weighted by Crippen LogP contribution is 2.28. The molecule has 1 N–H and O–H groups in total. The number of aromatic carboxylic acids is 1. The third-order valence-corrected chi connectivity index (χ3v) is 2.63. The Kier molecular flexibility index (Phi) is 4.28. The third-order valence-electron chi connectivity index (χ3n) is 1.92. The molecule has 1 aromatic carbocycles. The van der Waals surface area contributed by atoms with E-state index in [1.54, 1.807) is 12.1 Å². The predicted octanol–water partition coefficient (Wildman–Crippen LogP) is 4.22. The molecule has 92 valence electrons. The molecule has 17 heavy (non-hydrogen) atoms. The van der Waals surface area contributed by atoms with Gasteiger partial charge >= 0.3 is 5.97 Å². The minimum absolute atomic E-state index is 0.00180. The quantitative estimate of drug-likeness (QED) is 0.647. The molecular weight excluding hydrogens is 236 g/mol. The zero-order valence-electron chi connectivity index (χ0n) is 10.4. The molecule has 0 amide bonds. The summed E-state index contributed by atoms with van der Waals surface area (Å²) >= 11 is 1.36. The summed E-state index contributed by atoms with van der Waals surface area (Å²) in [6.45, 7) is 7.99. The van der Waals surface area contributed by atoms with Crippen LogP contribution >= 0.6 is 11.9 Å². The van der Waals surface area contributed by atoms with Crippen LogP contribution in [0.1, 0.15) is 36.7 Å². The lowest BCUT2D eigenvalue weighted by Gasteiger charge is -2.11. The first kappa shape index (κ1) is 13.7. The molecule has 4 nitrogen and oxygen atoms in total. The minimum Gasteiger partial charge on any atom is -0.478 e. The van der Waals surface area contributed by atoms with Gasteiger partial charge in [-0.3, -0.25) is 0 Å². The molecule has 1 aromatic rings. The van der Waals surface area contributed by atoms with Crippen molar-refractivity contribution in [3.63, 3.8) is 0 Å². The summed E-state index contributed by atoms with van der Waals surface area (Å²) in [6, 6.07) is 4.83. The second-order valence-electron chi connectivity index (χ2n) is 4.69. The summed E-state index contributed by atoms with van der Waals surface area (Å²) in [5.74, 6) is -0.954. The molecule has 0 saturated heterocycles. The molecular formula is C12H16N2O2S. The number of nitrogens with zero attached hydrogens (tertiary/aromatic N) is 2. The summed E-state index contributed by atoms with van der Waals surface area (Å²) in [5.41, 5.74) is 1.74. The summed E-state index contributed by atoms with van der Waals surface area (Å²) in [7, 11) is 0. The number of hydrogen-bond acceptors (Lipinski definition) is 4. The van der Waals surface area contributed by atoms with Crippen molar-refractivity contribution in [2.75, 3.05) is 0 Å². The second-order valence-corrected chi connectivity index (χ2v) is 6.26. The van der Waals surface area contributed by atoms with Crippen LogP contribution < -0.4 is 0 Å². The Balaban J connectivity index is 2.90. The smallest absolute Gasteiger partial charge is 0.335 e. The summed E-state index contributed by atoms with van der Waals surface area (Å²) in [6.07, 6.45) is 0. The molecule has 0 unspecified atom stereocenters. The largest absolute Gasteiger partial charge is 0.478 e. The lowest BCUT2D eigenvalue weighted by Crippen LogP contribution is -2.04. The Labute approximate surface area is 105 Å². The lowest BCUT2D eigenvalue weighted by molar-refractivity contribution is 0.0697. The van der Waals surface area contributed by atoms with Crippen molar-refractivity contribution in [2.24, 2.45) is 9.63 Å². The van der Waals surface area contributed by atoms with Gasteiger partial charge in [0, 0.05) is 16.7 Å². The third kappa shape index (κ3) is 4.56. The number of carboxylic acid groups (broad SMARTS) is 1. The molecule has 0 radical (unpaired) electrons. The van der Waals surface area contributed by atoms with Crippen LogP contribution in [0.25, 0.3) is 0 Å². The average molecular weight is 252 g/mol. The maximum Gasteiger partial charge on any atom is 0.335 e. The number of rotatable bonds is 3. The molecule has 0 aliphatic heterocycles. The normalized spacial score (nSPS) is 12.0. The van der Waals surface area contributed by atoms with Gasteiger partial charge in [0.05, 0.1) is 11.3 Å². The topological polar surface area (TPSA) is 62.0 Å². The van der Waals surface area contributed by atoms with E-state index in [0.29, 0.717) is 5.69 Å². The van der Waals surface area contributed by atoms with E-state index in [9.17, 15) is 4.79 Å². The van der Waals surface area contributed by atoms with E-state index in [0.717, 1.165) is 5.56 Å². The highest BCUT2D eigenvalue weighted by Gasteiger charge is 2.10. The average Bonchev–Trinajstić information content (AvgIpc) is 2.18. The van der Waals surface area contributed by atoms with E-state index < -0.39 is 5.97 Å². The van der Waals surface area contributed by atoms with Crippen LogP contribution in [-0.2, 0) is 0 Å². The van der Waals surface area contributed by atoms with Gasteiger partial charge in [-0.1, -0.05) is 6.07 Å². The Morgan fingerprint density at radius 1 is 1.35 bits per heavy atom. The fourth-order valence-electron chi connectivity index (χ4n) is 1.04. The van der Waals surface area contributed by atoms with Crippen LogP contribution in [0.4, 0.5) is 5.69 Å². The van der Waals surface area contributed by atoms with E-state index >= 15 is 0 Å². The number of benzene rings is 1. The van der Waals surface area contributed by atoms with E-state index in [-0.39, 0.29) is 10.3 Å². The van der Waals surface area contributed by atoms with Crippen LogP contribution in [0.2, 0.25) is 0 Å². The Hall–Kier alpha value is -1.36. The molecule has 0 spiro atoms. The number of carbonyl (C=O) groups is 1. The monoisotopic (exact) mass is 252 g/mol. The minimum atomic E-state index is -0.954. The molecule has 1 rings (SSSR count). The summed E-state index contributed by atoms with van der Waals surface area (Å²) in [4.78, 5) is 10.8. The van der Waals surface area contributed by atoms with E-state index in [1.807, 2.05) is 27.7 Å². The molecule has 0 atom stereocenters. The van der Waals surface area contributed by atoms with Crippen molar-refractivity contribution >= 4 is 23.6 Å². The van der Waals surface area contributed by atoms with E-state index in [1.165, 1.54) is 18.0 Å². The first-order valence-electron chi connectivity index (χ1n) is 5.23. The van der Waals surface area contributed by atoms with E-state index in [2.05, 4.69) is 9.63 Å². The highest BCUT2D eigenvalue weighted by atomic mass is 32.2.